The van der Waals surface area contributed by atoms with E-state index in [9.17, 15) is 0 Å². The molecule has 1 unspecified atom stereocenters. The summed E-state index contributed by atoms with van der Waals surface area (Å²) in [6, 6.07) is 10.5. The minimum atomic E-state index is 0.535. The first-order valence-corrected chi connectivity index (χ1v) is 4.91. The predicted molar refractivity (Wildman–Crippen MR) is 58.0 cm³/mol. The number of hydrogen-bond acceptors (Lipinski definition) is 0. The molecule has 0 radical (unpaired) electrons. The number of benzene rings is 1. The van der Waals surface area contributed by atoms with Crippen LogP contribution in [0.3, 0.4) is 0 Å². The summed E-state index contributed by atoms with van der Waals surface area (Å²) < 4.78 is 2.06. The third kappa shape index (κ3) is 2.66. The second kappa shape index (κ2) is 4.54. The van der Waals surface area contributed by atoms with Crippen molar-refractivity contribution in [1.82, 2.24) is 0 Å². The van der Waals surface area contributed by atoms with Gasteiger partial charge in [0.05, 0.1) is 0 Å². The van der Waals surface area contributed by atoms with Crippen LogP contribution < -0.4 is 0 Å². The van der Waals surface area contributed by atoms with E-state index in [4.69, 9.17) is 0 Å². The lowest BCUT2D eigenvalue weighted by Crippen LogP contribution is -1.86. The summed E-state index contributed by atoms with van der Waals surface area (Å²) in [4.78, 5) is 0. The van der Waals surface area contributed by atoms with Gasteiger partial charge in [-0.1, -0.05) is 65.9 Å². The van der Waals surface area contributed by atoms with Gasteiger partial charge in [0.25, 0.3) is 0 Å². The monoisotopic (exact) mass is 258 g/mol. The van der Waals surface area contributed by atoms with Gasteiger partial charge in [-0.05, 0) is 15.6 Å². The van der Waals surface area contributed by atoms with E-state index < -0.39 is 0 Å². The first-order chi connectivity index (χ1) is 5.34. The molecule has 0 amide bonds. The van der Waals surface area contributed by atoms with E-state index in [0.717, 1.165) is 0 Å². The van der Waals surface area contributed by atoms with E-state index >= 15 is 0 Å². The zero-order valence-corrected chi connectivity index (χ0v) is 8.65. The molecule has 1 atom stereocenters. The highest BCUT2D eigenvalue weighted by atomic mass is 127. The summed E-state index contributed by atoms with van der Waals surface area (Å²) >= 11 is 2.25. The largest absolute Gasteiger partial charge is 0.0712 e. The molecule has 0 aliphatic carbocycles. The Labute approximate surface area is 81.5 Å². The van der Waals surface area contributed by atoms with Gasteiger partial charge < -0.3 is 0 Å². The number of halogens is 1. The molecule has 0 N–H and O–H groups in total. The van der Waals surface area contributed by atoms with Crippen LogP contribution in [0.1, 0.15) is 18.4 Å². The van der Waals surface area contributed by atoms with Crippen LogP contribution in [0.4, 0.5) is 0 Å². The van der Waals surface area contributed by atoms with E-state index in [1.54, 1.807) is 0 Å². The number of rotatable bonds is 2. The summed E-state index contributed by atoms with van der Waals surface area (Å²) in [5.41, 5.74) is 1.38. The van der Waals surface area contributed by atoms with Gasteiger partial charge in [-0.3, -0.25) is 0 Å². The lowest BCUT2D eigenvalue weighted by molar-refractivity contribution is 0.971. The minimum Gasteiger partial charge on any atom is -0.0712 e. The predicted octanol–water partition coefficient (Wildman–Crippen LogP) is 3.74. The third-order valence-electron chi connectivity index (χ3n) is 1.69. The zero-order chi connectivity index (χ0) is 8.10. The van der Waals surface area contributed by atoms with Crippen molar-refractivity contribution in [2.45, 2.75) is 12.8 Å². The molecule has 1 aromatic rings. The molecule has 0 bridgehead atoms. The maximum atomic E-state index is 2.25. The van der Waals surface area contributed by atoms with Crippen LogP contribution in [0.5, 0.6) is 0 Å². The van der Waals surface area contributed by atoms with E-state index in [1.807, 2.05) is 6.07 Å². The summed E-state index contributed by atoms with van der Waals surface area (Å²) in [5, 5.41) is 0. The minimum absolute atomic E-state index is 0.535. The Balaban J connectivity index is 2.76. The molecule has 0 fully saturated rings. The molecule has 0 saturated heterocycles. The van der Waals surface area contributed by atoms with Crippen molar-refractivity contribution in [3.05, 3.63) is 46.1 Å². The quantitative estimate of drug-likeness (QED) is 0.709. The van der Waals surface area contributed by atoms with Crippen LogP contribution in [0, 0.1) is 0 Å². The van der Waals surface area contributed by atoms with Crippen molar-refractivity contribution in [2.75, 3.05) is 0 Å². The molecule has 0 nitrogen and oxygen atoms in total. The van der Waals surface area contributed by atoms with E-state index in [2.05, 4.69) is 63.9 Å². The van der Waals surface area contributed by atoms with Crippen LogP contribution in [0.25, 0.3) is 0 Å². The lowest BCUT2D eigenvalue weighted by Gasteiger charge is -2.04. The zero-order valence-electron chi connectivity index (χ0n) is 6.50. The standard InChI is InChI=1S/C10H11I/c1-9(7-8-11)10-5-3-2-4-6-10/h2-9H,1H3/b8-7+. The van der Waals surface area contributed by atoms with Crippen molar-refractivity contribution >= 4 is 22.6 Å². The Morgan fingerprint density at radius 1 is 1.27 bits per heavy atom. The van der Waals surface area contributed by atoms with Gasteiger partial charge in [-0.15, -0.1) is 0 Å². The summed E-state index contributed by atoms with van der Waals surface area (Å²) in [6.07, 6.45) is 2.19. The fourth-order valence-electron chi connectivity index (χ4n) is 0.977. The van der Waals surface area contributed by atoms with Crippen LogP contribution in [-0.4, -0.2) is 0 Å². The Bertz CT molecular complexity index is 226. The molecule has 0 saturated carbocycles. The SMILES string of the molecule is CC(/C=C/I)c1ccccc1. The molecule has 58 valence electrons. The molecule has 1 aromatic carbocycles. The average Bonchev–Trinajstić information content (AvgIpc) is 2.07. The highest BCUT2D eigenvalue weighted by Crippen LogP contribution is 2.15. The smallest absolute Gasteiger partial charge is 0.000288 e. The highest BCUT2D eigenvalue weighted by molar-refractivity contribution is 14.1. The summed E-state index contributed by atoms with van der Waals surface area (Å²) in [6.45, 7) is 2.20. The third-order valence-corrected chi connectivity index (χ3v) is 2.10. The molecule has 0 aromatic heterocycles. The lowest BCUT2D eigenvalue weighted by atomic mass is 10.0. The molecule has 0 aliphatic heterocycles. The van der Waals surface area contributed by atoms with E-state index in [1.165, 1.54) is 5.56 Å². The topological polar surface area (TPSA) is 0 Å². The Hall–Kier alpha value is -0.310. The highest BCUT2D eigenvalue weighted by Gasteiger charge is 1.97. The molecular weight excluding hydrogens is 247 g/mol. The molecular formula is C10H11I. The average molecular weight is 258 g/mol. The normalized spacial score (nSPS) is 13.6. The first-order valence-electron chi connectivity index (χ1n) is 3.66. The van der Waals surface area contributed by atoms with Gasteiger partial charge in [0, 0.05) is 0 Å². The number of allylic oxidation sites excluding steroid dienone is 1. The van der Waals surface area contributed by atoms with Gasteiger partial charge in [0.2, 0.25) is 0 Å². The Kier molecular flexibility index (Phi) is 3.63. The van der Waals surface area contributed by atoms with Gasteiger partial charge >= 0.3 is 0 Å². The van der Waals surface area contributed by atoms with Crippen molar-refractivity contribution in [3.63, 3.8) is 0 Å². The number of hydrogen-bond donors (Lipinski definition) is 0. The Morgan fingerprint density at radius 2 is 1.91 bits per heavy atom. The van der Waals surface area contributed by atoms with Gasteiger partial charge in [-0.25, -0.2) is 0 Å². The van der Waals surface area contributed by atoms with E-state index in [-0.39, 0.29) is 0 Å². The summed E-state index contributed by atoms with van der Waals surface area (Å²) in [7, 11) is 0. The molecule has 0 spiro atoms. The van der Waals surface area contributed by atoms with Crippen LogP contribution in [0.2, 0.25) is 0 Å². The fourth-order valence-corrected chi connectivity index (χ4v) is 1.60. The second-order valence-electron chi connectivity index (χ2n) is 2.52. The maximum absolute atomic E-state index is 2.25. The second-order valence-corrected chi connectivity index (χ2v) is 3.24. The van der Waals surface area contributed by atoms with Crippen LogP contribution >= 0.6 is 22.6 Å². The van der Waals surface area contributed by atoms with Crippen LogP contribution in [-0.2, 0) is 0 Å². The summed E-state index contributed by atoms with van der Waals surface area (Å²) in [5.74, 6) is 0.535. The van der Waals surface area contributed by atoms with Crippen molar-refractivity contribution in [3.8, 4) is 0 Å². The molecule has 0 heterocycles. The molecule has 0 aliphatic rings. The van der Waals surface area contributed by atoms with Crippen molar-refractivity contribution in [2.24, 2.45) is 0 Å². The van der Waals surface area contributed by atoms with E-state index in [0.29, 0.717) is 5.92 Å². The Morgan fingerprint density at radius 3 is 2.45 bits per heavy atom. The van der Waals surface area contributed by atoms with Crippen molar-refractivity contribution < 1.29 is 0 Å². The fraction of sp³-hybridized carbons (Fsp3) is 0.200. The molecule has 11 heavy (non-hydrogen) atoms. The molecule has 1 rings (SSSR count). The van der Waals surface area contributed by atoms with Crippen LogP contribution in [0.15, 0.2) is 40.5 Å². The van der Waals surface area contributed by atoms with Gasteiger partial charge in [-0.2, -0.15) is 0 Å². The maximum Gasteiger partial charge on any atom is -0.000288 e. The van der Waals surface area contributed by atoms with Gasteiger partial charge in [0.15, 0.2) is 0 Å². The molecule has 1 heteroatoms. The first kappa shape index (κ1) is 8.78. The van der Waals surface area contributed by atoms with Gasteiger partial charge in [0.1, 0.15) is 0 Å². The van der Waals surface area contributed by atoms with Crippen molar-refractivity contribution in [1.29, 1.82) is 0 Å².